The molecule has 1 heteroatoms. The standard InChI is InChI=1S/C11H19N/c1-9(2)6-7-11(8-12-5)10(3)4/h6-7,12H,1,8H2,2-5H3/b7-6-. The van der Waals surface area contributed by atoms with Gasteiger partial charge in [-0.05, 0) is 33.4 Å². The van der Waals surface area contributed by atoms with Crippen LogP contribution in [0.25, 0.3) is 0 Å². The Labute approximate surface area is 75.9 Å². The van der Waals surface area contributed by atoms with Crippen molar-refractivity contribution in [1.29, 1.82) is 0 Å². The minimum Gasteiger partial charge on any atom is -0.316 e. The lowest BCUT2D eigenvalue weighted by atomic mass is 10.1. The van der Waals surface area contributed by atoms with Crippen molar-refractivity contribution in [2.75, 3.05) is 13.6 Å². The number of rotatable bonds is 4. The maximum Gasteiger partial charge on any atom is 0.0201 e. The maximum absolute atomic E-state index is 3.82. The van der Waals surface area contributed by atoms with Gasteiger partial charge in [0.1, 0.15) is 0 Å². The number of nitrogens with one attached hydrogen (secondary N) is 1. The van der Waals surface area contributed by atoms with E-state index < -0.39 is 0 Å². The van der Waals surface area contributed by atoms with Crippen molar-refractivity contribution < 1.29 is 0 Å². The molecule has 0 fully saturated rings. The maximum atomic E-state index is 3.82. The Morgan fingerprint density at radius 3 is 2.17 bits per heavy atom. The first-order chi connectivity index (χ1) is 5.57. The Hall–Kier alpha value is -0.820. The molecule has 0 radical (unpaired) electrons. The summed E-state index contributed by atoms with van der Waals surface area (Å²) < 4.78 is 0. The average molecular weight is 165 g/mol. The Morgan fingerprint density at radius 2 is 1.83 bits per heavy atom. The molecule has 0 saturated carbocycles. The molecule has 0 heterocycles. The highest BCUT2D eigenvalue weighted by molar-refractivity contribution is 5.29. The van der Waals surface area contributed by atoms with Crippen LogP contribution in [0.3, 0.4) is 0 Å². The van der Waals surface area contributed by atoms with E-state index in [2.05, 4.69) is 31.8 Å². The fourth-order valence-electron chi connectivity index (χ4n) is 0.836. The lowest BCUT2D eigenvalue weighted by Crippen LogP contribution is -2.10. The summed E-state index contributed by atoms with van der Waals surface area (Å²) in [5.41, 5.74) is 3.77. The summed E-state index contributed by atoms with van der Waals surface area (Å²) in [4.78, 5) is 0. The summed E-state index contributed by atoms with van der Waals surface area (Å²) in [6.07, 6.45) is 4.16. The zero-order valence-corrected chi connectivity index (χ0v) is 8.57. The lowest BCUT2D eigenvalue weighted by Gasteiger charge is -2.03. The molecule has 0 aromatic heterocycles. The van der Waals surface area contributed by atoms with Gasteiger partial charge in [0.25, 0.3) is 0 Å². The van der Waals surface area contributed by atoms with Crippen molar-refractivity contribution >= 4 is 0 Å². The van der Waals surface area contributed by atoms with E-state index in [9.17, 15) is 0 Å². The molecule has 0 amide bonds. The highest BCUT2D eigenvalue weighted by atomic mass is 14.8. The van der Waals surface area contributed by atoms with Gasteiger partial charge in [-0.1, -0.05) is 29.9 Å². The fourth-order valence-corrected chi connectivity index (χ4v) is 0.836. The van der Waals surface area contributed by atoms with Crippen LogP contribution in [0.1, 0.15) is 20.8 Å². The molecule has 1 N–H and O–H groups in total. The number of allylic oxidation sites excluding steroid dienone is 3. The van der Waals surface area contributed by atoms with Crippen LogP contribution >= 0.6 is 0 Å². The summed E-state index contributed by atoms with van der Waals surface area (Å²) in [5, 5.41) is 3.13. The molecule has 0 unspecified atom stereocenters. The highest BCUT2D eigenvalue weighted by Crippen LogP contribution is 2.05. The predicted molar refractivity (Wildman–Crippen MR) is 56.3 cm³/mol. The van der Waals surface area contributed by atoms with Crippen molar-refractivity contribution in [3.05, 3.63) is 35.5 Å². The largest absolute Gasteiger partial charge is 0.316 e. The molecule has 0 aliphatic rings. The van der Waals surface area contributed by atoms with Crippen LogP contribution in [-0.4, -0.2) is 13.6 Å². The molecule has 12 heavy (non-hydrogen) atoms. The minimum absolute atomic E-state index is 0.923. The van der Waals surface area contributed by atoms with Gasteiger partial charge >= 0.3 is 0 Å². The molecule has 68 valence electrons. The summed E-state index contributed by atoms with van der Waals surface area (Å²) in [6.45, 7) is 11.0. The molecule has 0 bridgehead atoms. The molecule has 0 aromatic carbocycles. The molecule has 1 nitrogen and oxygen atoms in total. The second-order valence-corrected chi connectivity index (χ2v) is 3.24. The molecule has 0 atom stereocenters. The Kier molecular flexibility index (Phi) is 5.39. The monoisotopic (exact) mass is 165 g/mol. The zero-order chi connectivity index (χ0) is 9.56. The minimum atomic E-state index is 0.923. The van der Waals surface area contributed by atoms with Crippen molar-refractivity contribution in [3.8, 4) is 0 Å². The zero-order valence-electron chi connectivity index (χ0n) is 8.57. The normalized spacial score (nSPS) is 10.3. The third kappa shape index (κ3) is 4.91. The van der Waals surface area contributed by atoms with Gasteiger partial charge in [0, 0.05) is 6.54 Å². The average Bonchev–Trinajstić information content (AvgIpc) is 1.96. The Bertz CT molecular complexity index is 205. The van der Waals surface area contributed by atoms with Crippen LogP contribution in [-0.2, 0) is 0 Å². The summed E-state index contributed by atoms with van der Waals surface area (Å²) in [6, 6.07) is 0. The van der Waals surface area contributed by atoms with E-state index in [1.165, 1.54) is 11.1 Å². The van der Waals surface area contributed by atoms with E-state index in [0.717, 1.165) is 12.1 Å². The Balaban J connectivity index is 4.35. The van der Waals surface area contributed by atoms with Gasteiger partial charge in [0.2, 0.25) is 0 Å². The predicted octanol–water partition coefficient (Wildman–Crippen LogP) is 2.67. The topological polar surface area (TPSA) is 12.0 Å². The van der Waals surface area contributed by atoms with Crippen LogP contribution in [0.15, 0.2) is 35.5 Å². The van der Waals surface area contributed by atoms with E-state index in [-0.39, 0.29) is 0 Å². The van der Waals surface area contributed by atoms with E-state index in [1.54, 1.807) is 0 Å². The SMILES string of the molecule is C=C(C)/C=C\C(CNC)=C(C)C. The lowest BCUT2D eigenvalue weighted by molar-refractivity contribution is 0.885. The van der Waals surface area contributed by atoms with Gasteiger partial charge in [-0.3, -0.25) is 0 Å². The van der Waals surface area contributed by atoms with Crippen LogP contribution in [0.4, 0.5) is 0 Å². The quantitative estimate of drug-likeness (QED) is 0.631. The highest BCUT2D eigenvalue weighted by Gasteiger charge is 1.92. The Morgan fingerprint density at radius 1 is 1.25 bits per heavy atom. The second kappa shape index (κ2) is 5.78. The smallest absolute Gasteiger partial charge is 0.0201 e. The fraction of sp³-hybridized carbons (Fsp3) is 0.455. The van der Waals surface area contributed by atoms with Crippen LogP contribution < -0.4 is 5.32 Å². The number of hydrogen-bond donors (Lipinski definition) is 1. The van der Waals surface area contributed by atoms with Gasteiger partial charge in [0.15, 0.2) is 0 Å². The summed E-state index contributed by atoms with van der Waals surface area (Å²) in [5.74, 6) is 0. The van der Waals surface area contributed by atoms with Gasteiger partial charge in [-0.25, -0.2) is 0 Å². The van der Waals surface area contributed by atoms with Gasteiger partial charge in [-0.2, -0.15) is 0 Å². The van der Waals surface area contributed by atoms with Crippen molar-refractivity contribution in [2.24, 2.45) is 0 Å². The second-order valence-electron chi connectivity index (χ2n) is 3.24. The van der Waals surface area contributed by atoms with E-state index in [0.29, 0.717) is 0 Å². The molecule has 0 aliphatic heterocycles. The molecule has 0 rings (SSSR count). The van der Waals surface area contributed by atoms with Gasteiger partial charge < -0.3 is 5.32 Å². The molecule has 0 spiro atoms. The molecule has 0 aromatic rings. The van der Waals surface area contributed by atoms with E-state index in [4.69, 9.17) is 0 Å². The molecular weight excluding hydrogens is 146 g/mol. The van der Waals surface area contributed by atoms with Crippen molar-refractivity contribution in [1.82, 2.24) is 5.32 Å². The van der Waals surface area contributed by atoms with E-state index >= 15 is 0 Å². The van der Waals surface area contributed by atoms with Crippen LogP contribution in [0.5, 0.6) is 0 Å². The van der Waals surface area contributed by atoms with Gasteiger partial charge in [-0.15, -0.1) is 0 Å². The van der Waals surface area contributed by atoms with Crippen molar-refractivity contribution in [2.45, 2.75) is 20.8 Å². The number of hydrogen-bond acceptors (Lipinski definition) is 1. The first kappa shape index (κ1) is 11.2. The van der Waals surface area contributed by atoms with E-state index in [1.807, 2.05) is 20.0 Å². The first-order valence-electron chi connectivity index (χ1n) is 4.22. The third-order valence-corrected chi connectivity index (χ3v) is 1.58. The van der Waals surface area contributed by atoms with Crippen molar-refractivity contribution in [3.63, 3.8) is 0 Å². The summed E-state index contributed by atoms with van der Waals surface area (Å²) >= 11 is 0. The molecular formula is C11H19N. The third-order valence-electron chi connectivity index (χ3n) is 1.58. The molecule has 0 saturated heterocycles. The summed E-state index contributed by atoms with van der Waals surface area (Å²) in [7, 11) is 1.96. The number of likely N-dealkylation sites (N-methyl/N-ethyl adjacent to an activating group) is 1. The van der Waals surface area contributed by atoms with Crippen LogP contribution in [0.2, 0.25) is 0 Å². The molecule has 0 aliphatic carbocycles. The van der Waals surface area contributed by atoms with Gasteiger partial charge in [0.05, 0.1) is 0 Å². The van der Waals surface area contributed by atoms with Crippen LogP contribution in [0, 0.1) is 0 Å². The first-order valence-corrected chi connectivity index (χ1v) is 4.22.